The van der Waals surface area contributed by atoms with Crippen LogP contribution < -0.4 is 4.74 Å². The fourth-order valence-electron chi connectivity index (χ4n) is 4.03. The van der Waals surface area contributed by atoms with E-state index in [1.54, 1.807) is 0 Å². The van der Waals surface area contributed by atoms with Crippen molar-refractivity contribution in [1.29, 1.82) is 0 Å². The van der Waals surface area contributed by atoms with E-state index in [1.807, 2.05) is 34.6 Å². The summed E-state index contributed by atoms with van der Waals surface area (Å²) in [6.45, 7) is 9.46. The lowest BCUT2D eigenvalue weighted by atomic mass is 9.74. The highest BCUT2D eigenvalue weighted by molar-refractivity contribution is 5.58. The van der Waals surface area contributed by atoms with Gasteiger partial charge in [0.1, 0.15) is 41.5 Å². The summed E-state index contributed by atoms with van der Waals surface area (Å²) in [6.07, 6.45) is -3.71. The summed E-state index contributed by atoms with van der Waals surface area (Å²) in [5, 5.41) is 40.6. The van der Waals surface area contributed by atoms with Gasteiger partial charge >= 0.3 is 0 Å². The summed E-state index contributed by atoms with van der Waals surface area (Å²) in [5.41, 5.74) is 2.55. The van der Waals surface area contributed by atoms with E-state index in [-0.39, 0.29) is 12.5 Å². The van der Waals surface area contributed by atoms with Crippen LogP contribution in [0.2, 0.25) is 0 Å². The van der Waals surface area contributed by atoms with Crippen LogP contribution >= 0.6 is 0 Å². The number of phenols is 1. The Hall–Kier alpha value is -1.34. The number of ether oxygens (including phenoxy) is 2. The van der Waals surface area contributed by atoms with Crippen molar-refractivity contribution in [3.8, 4) is 11.5 Å². The highest BCUT2D eigenvalue weighted by atomic mass is 16.6. The molecule has 2 aliphatic heterocycles. The number of hydrogen-bond acceptors (Lipinski definition) is 6. The normalized spacial score (nSPS) is 38.2. The quantitative estimate of drug-likeness (QED) is 0.605. The number of aliphatic hydroxyl groups excluding tert-OH is 3. The molecule has 6 heteroatoms. The average molecular weight is 352 g/mol. The van der Waals surface area contributed by atoms with Gasteiger partial charge in [0.2, 0.25) is 0 Å². The third-order valence-electron chi connectivity index (χ3n) is 6.22. The van der Waals surface area contributed by atoms with Gasteiger partial charge < -0.3 is 29.9 Å². The summed E-state index contributed by atoms with van der Waals surface area (Å²) in [6, 6.07) is 0. The van der Waals surface area contributed by atoms with Gasteiger partial charge in [0.05, 0.1) is 6.61 Å². The van der Waals surface area contributed by atoms with Gasteiger partial charge in [-0.05, 0) is 50.8 Å². The molecule has 3 rings (SSSR count). The molecule has 0 radical (unpaired) electrons. The number of hydrogen-bond donors (Lipinski definition) is 4. The van der Waals surface area contributed by atoms with Crippen molar-refractivity contribution in [2.45, 2.75) is 71.1 Å². The van der Waals surface area contributed by atoms with E-state index in [9.17, 15) is 20.4 Å². The summed E-state index contributed by atoms with van der Waals surface area (Å²) < 4.78 is 12.1. The maximum atomic E-state index is 10.5. The predicted octanol–water partition coefficient (Wildman–Crippen LogP) is 1.13. The van der Waals surface area contributed by atoms with E-state index in [2.05, 4.69) is 0 Å². The second-order valence-corrected chi connectivity index (χ2v) is 7.72. The molecule has 2 heterocycles. The Kier molecular flexibility index (Phi) is 4.52. The molecule has 0 aromatic heterocycles. The van der Waals surface area contributed by atoms with Crippen molar-refractivity contribution in [3.05, 3.63) is 22.3 Å². The number of rotatable bonds is 1. The zero-order valence-electron chi connectivity index (χ0n) is 15.4. The largest absolute Gasteiger partial charge is 0.507 e. The van der Waals surface area contributed by atoms with E-state index in [0.717, 1.165) is 22.3 Å². The standard InChI is InChI=1S/C19H28O6/c1-8-6-12-11(4)14(21)9(2)10(3)17(12)25-19(8,5)18-16(23)15(22)13(20)7-24-18/h8,13,15-16,18,20-23H,6-7H2,1-5H3/t8?,13-,15+,16-,18-,19?/m1/s1. The molecule has 6 atom stereocenters. The zero-order valence-corrected chi connectivity index (χ0v) is 15.4. The van der Waals surface area contributed by atoms with Gasteiger partial charge in [-0.3, -0.25) is 0 Å². The van der Waals surface area contributed by atoms with Gasteiger partial charge in [0.25, 0.3) is 0 Å². The van der Waals surface area contributed by atoms with Gasteiger partial charge in [-0.25, -0.2) is 0 Å². The van der Waals surface area contributed by atoms with Crippen molar-refractivity contribution >= 4 is 0 Å². The van der Waals surface area contributed by atoms with Crippen molar-refractivity contribution in [1.82, 2.24) is 0 Å². The lowest BCUT2D eigenvalue weighted by Crippen LogP contribution is -2.65. The molecule has 1 aromatic carbocycles. The van der Waals surface area contributed by atoms with Crippen molar-refractivity contribution in [2.24, 2.45) is 5.92 Å². The van der Waals surface area contributed by atoms with Gasteiger partial charge in [-0.15, -0.1) is 0 Å². The van der Waals surface area contributed by atoms with E-state index < -0.39 is 30.0 Å². The molecule has 0 aliphatic carbocycles. The fraction of sp³-hybridized carbons (Fsp3) is 0.684. The molecule has 6 nitrogen and oxygen atoms in total. The van der Waals surface area contributed by atoms with Crippen LogP contribution in [0.3, 0.4) is 0 Å². The Morgan fingerprint density at radius 3 is 2.28 bits per heavy atom. The molecule has 1 fully saturated rings. The van der Waals surface area contributed by atoms with E-state index in [1.165, 1.54) is 0 Å². The number of phenolic OH excluding ortho intramolecular Hbond substituents is 1. The van der Waals surface area contributed by atoms with Crippen LogP contribution in [0.4, 0.5) is 0 Å². The third kappa shape index (κ3) is 2.63. The SMILES string of the molecule is Cc1c(C)c2c(c(C)c1O)CC(C)C(C)([C@@H]1OC[C@@H](O)[C@H](O)[C@H]1O)O2. The van der Waals surface area contributed by atoms with Crippen molar-refractivity contribution in [2.75, 3.05) is 6.61 Å². The van der Waals surface area contributed by atoms with Crippen molar-refractivity contribution in [3.63, 3.8) is 0 Å². The molecular weight excluding hydrogens is 324 g/mol. The molecule has 25 heavy (non-hydrogen) atoms. The Labute approximate surface area is 148 Å². The number of benzene rings is 1. The summed E-state index contributed by atoms with van der Waals surface area (Å²) in [4.78, 5) is 0. The molecular formula is C19H28O6. The predicted molar refractivity (Wildman–Crippen MR) is 92.0 cm³/mol. The fourth-order valence-corrected chi connectivity index (χ4v) is 4.03. The molecule has 2 unspecified atom stereocenters. The zero-order chi connectivity index (χ0) is 18.7. The highest BCUT2D eigenvalue weighted by Gasteiger charge is 2.53. The van der Waals surface area contributed by atoms with E-state index >= 15 is 0 Å². The third-order valence-corrected chi connectivity index (χ3v) is 6.22. The van der Waals surface area contributed by atoms with Gasteiger partial charge in [-0.1, -0.05) is 6.92 Å². The molecule has 0 amide bonds. The lowest BCUT2D eigenvalue weighted by Gasteiger charge is -2.50. The minimum atomic E-state index is -1.27. The average Bonchev–Trinajstić information content (AvgIpc) is 2.58. The molecule has 0 bridgehead atoms. The molecule has 1 saturated heterocycles. The smallest absolute Gasteiger partial charge is 0.138 e. The summed E-state index contributed by atoms with van der Waals surface area (Å²) in [7, 11) is 0. The lowest BCUT2D eigenvalue weighted by molar-refractivity contribution is -0.238. The van der Waals surface area contributed by atoms with Gasteiger partial charge in [0.15, 0.2) is 0 Å². The van der Waals surface area contributed by atoms with Crippen LogP contribution in [0, 0.1) is 26.7 Å². The molecule has 0 saturated carbocycles. The van der Waals surface area contributed by atoms with Crippen LogP contribution in [0.1, 0.15) is 36.1 Å². The van der Waals surface area contributed by atoms with Crippen LogP contribution in [0.25, 0.3) is 0 Å². The van der Waals surface area contributed by atoms with Gasteiger partial charge in [-0.2, -0.15) is 0 Å². The Balaban J connectivity index is 2.04. The first-order chi connectivity index (χ1) is 11.6. The minimum Gasteiger partial charge on any atom is -0.507 e. The molecule has 4 N–H and O–H groups in total. The minimum absolute atomic E-state index is 0.0256. The first-order valence-electron chi connectivity index (χ1n) is 8.76. The maximum absolute atomic E-state index is 10.5. The topological polar surface area (TPSA) is 99.4 Å². The number of aromatic hydroxyl groups is 1. The first-order valence-corrected chi connectivity index (χ1v) is 8.76. The molecule has 2 aliphatic rings. The molecule has 0 spiro atoms. The monoisotopic (exact) mass is 352 g/mol. The van der Waals surface area contributed by atoms with E-state index in [0.29, 0.717) is 17.9 Å². The van der Waals surface area contributed by atoms with E-state index in [4.69, 9.17) is 9.47 Å². The maximum Gasteiger partial charge on any atom is 0.138 e. The summed E-state index contributed by atoms with van der Waals surface area (Å²) >= 11 is 0. The van der Waals surface area contributed by atoms with Crippen LogP contribution in [0.15, 0.2) is 0 Å². The first kappa shape index (κ1) is 18.5. The second-order valence-electron chi connectivity index (χ2n) is 7.72. The molecule has 1 aromatic rings. The van der Waals surface area contributed by atoms with Crippen molar-refractivity contribution < 1.29 is 29.9 Å². The summed E-state index contributed by atoms with van der Waals surface area (Å²) in [5.74, 6) is 0.982. The van der Waals surface area contributed by atoms with Crippen LogP contribution in [0.5, 0.6) is 11.5 Å². The molecule has 140 valence electrons. The Morgan fingerprint density at radius 1 is 1.00 bits per heavy atom. The Morgan fingerprint density at radius 2 is 1.64 bits per heavy atom. The second kappa shape index (κ2) is 6.13. The van der Waals surface area contributed by atoms with Gasteiger partial charge in [0, 0.05) is 11.5 Å². The Bertz CT molecular complexity index is 687. The van der Waals surface area contributed by atoms with Crippen LogP contribution in [-0.2, 0) is 11.2 Å². The van der Waals surface area contributed by atoms with Crippen LogP contribution in [-0.4, -0.2) is 57.0 Å². The number of fused-ring (bicyclic) bond motifs is 1. The number of aliphatic hydroxyl groups is 3. The highest BCUT2D eigenvalue weighted by Crippen LogP contribution is 2.47.